The molecule has 10 heteroatoms. The van der Waals surface area contributed by atoms with E-state index in [0.717, 1.165) is 36.8 Å². The molecule has 186 valence electrons. The van der Waals surface area contributed by atoms with Gasteiger partial charge in [0.1, 0.15) is 10.6 Å². The lowest BCUT2D eigenvalue weighted by molar-refractivity contribution is -0.119. The van der Waals surface area contributed by atoms with Crippen molar-refractivity contribution in [2.24, 2.45) is 5.92 Å². The van der Waals surface area contributed by atoms with Crippen LogP contribution >= 0.6 is 11.3 Å². The molecule has 0 saturated heterocycles. The zero-order valence-electron chi connectivity index (χ0n) is 19.9. The van der Waals surface area contributed by atoms with Crippen LogP contribution in [0.15, 0.2) is 34.4 Å². The van der Waals surface area contributed by atoms with Crippen LogP contribution in [0.5, 0.6) is 5.75 Å². The van der Waals surface area contributed by atoms with E-state index in [1.807, 2.05) is 29.6 Å². The molecular weight excluding hydrogens is 468 g/mol. The van der Waals surface area contributed by atoms with Gasteiger partial charge in [0.05, 0.1) is 19.1 Å². The number of rotatable bonds is 9. The van der Waals surface area contributed by atoms with Crippen molar-refractivity contribution in [1.82, 2.24) is 20.6 Å². The molecule has 0 spiro atoms. The van der Waals surface area contributed by atoms with Crippen LogP contribution in [-0.2, 0) is 22.7 Å². The van der Waals surface area contributed by atoms with E-state index in [1.54, 1.807) is 14.0 Å². The van der Waals surface area contributed by atoms with Crippen LogP contribution < -0.4 is 20.9 Å². The van der Waals surface area contributed by atoms with Gasteiger partial charge in [0.15, 0.2) is 0 Å². The van der Waals surface area contributed by atoms with Gasteiger partial charge in [0, 0.05) is 31.7 Å². The summed E-state index contributed by atoms with van der Waals surface area (Å²) in [5.74, 6) is 0.700. The van der Waals surface area contributed by atoms with Crippen molar-refractivity contribution in [3.63, 3.8) is 0 Å². The first kappa shape index (κ1) is 24.9. The lowest BCUT2D eigenvalue weighted by atomic mass is 9.86. The predicted molar refractivity (Wildman–Crippen MR) is 134 cm³/mol. The fraction of sp³-hybridized carbons (Fsp3) is 0.440. The minimum absolute atomic E-state index is 0.0179. The van der Waals surface area contributed by atoms with Crippen molar-refractivity contribution >= 4 is 33.4 Å². The minimum Gasteiger partial charge on any atom is -0.497 e. The average molecular weight is 499 g/mol. The molecule has 1 fully saturated rings. The smallest absolute Gasteiger partial charge is 0.287 e. The number of carbonyl (C=O) groups is 2. The summed E-state index contributed by atoms with van der Waals surface area (Å²) < 4.78 is 11.1. The molecule has 2 amide bonds. The molecule has 2 heterocycles. The molecule has 2 aromatic heterocycles. The van der Waals surface area contributed by atoms with E-state index < -0.39 is 5.91 Å². The first-order valence-electron chi connectivity index (χ1n) is 11.7. The molecule has 0 aliphatic heterocycles. The van der Waals surface area contributed by atoms with Gasteiger partial charge in [-0.15, -0.1) is 11.3 Å². The largest absolute Gasteiger partial charge is 0.497 e. The fourth-order valence-electron chi connectivity index (χ4n) is 4.37. The summed E-state index contributed by atoms with van der Waals surface area (Å²) in [6.45, 7) is 2.76. The number of nitrogens with zero attached hydrogens (tertiary/aromatic N) is 1. The summed E-state index contributed by atoms with van der Waals surface area (Å²) in [5, 5.41) is 8.09. The molecule has 9 nitrogen and oxygen atoms in total. The third kappa shape index (κ3) is 6.46. The Balaban J connectivity index is 1.32. The number of aromatic nitrogens is 2. The number of hydrogen-bond acceptors (Lipinski definition) is 7. The lowest BCUT2D eigenvalue weighted by Crippen LogP contribution is -2.36. The number of carbonyl (C=O) groups excluding carboxylic acids is 2. The minimum atomic E-state index is -0.451. The van der Waals surface area contributed by atoms with Crippen molar-refractivity contribution in [3.8, 4) is 5.75 Å². The van der Waals surface area contributed by atoms with Gasteiger partial charge in [-0.2, -0.15) is 0 Å². The van der Waals surface area contributed by atoms with E-state index in [-0.39, 0.29) is 29.9 Å². The Morgan fingerprint density at radius 2 is 2.03 bits per heavy atom. The Morgan fingerprint density at radius 1 is 1.23 bits per heavy atom. The van der Waals surface area contributed by atoms with Crippen LogP contribution in [0.2, 0.25) is 0 Å². The maximum absolute atomic E-state index is 12.8. The highest BCUT2D eigenvalue weighted by molar-refractivity contribution is 7.16. The first-order chi connectivity index (χ1) is 16.9. The van der Waals surface area contributed by atoms with Crippen LogP contribution in [0, 0.1) is 5.92 Å². The Bertz CT molecular complexity index is 1250. The third-order valence-corrected chi connectivity index (χ3v) is 7.11. The summed E-state index contributed by atoms with van der Waals surface area (Å²) in [6, 6.07) is 7.65. The summed E-state index contributed by atoms with van der Waals surface area (Å²) in [6.07, 6.45) is 3.93. The molecule has 0 bridgehead atoms. The summed E-state index contributed by atoms with van der Waals surface area (Å²) >= 11 is 1.32. The van der Waals surface area contributed by atoms with Crippen molar-refractivity contribution in [2.75, 3.05) is 13.7 Å². The van der Waals surface area contributed by atoms with E-state index in [1.165, 1.54) is 11.3 Å². The molecule has 1 aliphatic rings. The molecule has 0 atom stereocenters. The summed E-state index contributed by atoms with van der Waals surface area (Å²) in [7, 11) is 1.59. The number of ether oxygens (including phenoxy) is 2. The van der Waals surface area contributed by atoms with Gasteiger partial charge in [-0.1, -0.05) is 12.1 Å². The molecule has 1 aromatic carbocycles. The van der Waals surface area contributed by atoms with Crippen LogP contribution in [0.25, 0.3) is 10.2 Å². The van der Waals surface area contributed by atoms with Gasteiger partial charge in [0.25, 0.3) is 11.5 Å². The number of nitrogens with one attached hydrogen (secondary N) is 3. The number of thiophene rings is 1. The number of amides is 2. The second kappa shape index (κ2) is 11.5. The van der Waals surface area contributed by atoms with Crippen LogP contribution in [0.1, 0.15) is 54.4 Å². The maximum atomic E-state index is 12.8. The van der Waals surface area contributed by atoms with Crippen LogP contribution in [0.3, 0.4) is 0 Å². The standard InChI is InChI=1S/C25H30N4O5S/c1-15(30)27-19-8-6-16(7-9-19)12-34-13-18-14-35-25-21(18)23(31)28-22(29-25)24(32)26-11-17-4-3-5-20(10-17)33-2/h3-5,10,14,16,19H,6-9,11-13H2,1-2H3,(H,26,32)(H,27,30)(H,28,29,31). The monoisotopic (exact) mass is 498 g/mol. The number of fused-ring (bicyclic) bond motifs is 1. The highest BCUT2D eigenvalue weighted by atomic mass is 32.1. The lowest BCUT2D eigenvalue weighted by Gasteiger charge is -2.28. The molecule has 4 rings (SSSR count). The first-order valence-corrected chi connectivity index (χ1v) is 12.6. The van der Waals surface area contributed by atoms with Gasteiger partial charge in [-0.3, -0.25) is 14.4 Å². The van der Waals surface area contributed by atoms with Crippen molar-refractivity contribution in [3.05, 3.63) is 57.0 Å². The molecule has 3 N–H and O–H groups in total. The van der Waals surface area contributed by atoms with Gasteiger partial charge >= 0.3 is 0 Å². The Kier molecular flexibility index (Phi) is 8.14. The SMILES string of the molecule is COc1cccc(CNC(=O)c2nc3scc(COCC4CCC(NC(C)=O)CC4)c3c(=O)[nH]2)c1. The molecule has 0 radical (unpaired) electrons. The van der Waals surface area contributed by atoms with Crippen LogP contribution in [-0.4, -0.2) is 41.5 Å². The van der Waals surface area contributed by atoms with Crippen molar-refractivity contribution < 1.29 is 19.1 Å². The quantitative estimate of drug-likeness (QED) is 0.417. The van der Waals surface area contributed by atoms with E-state index in [4.69, 9.17) is 9.47 Å². The fourth-order valence-corrected chi connectivity index (χ4v) is 5.29. The van der Waals surface area contributed by atoms with Gasteiger partial charge < -0.3 is 25.1 Å². The molecule has 3 aromatic rings. The van der Waals surface area contributed by atoms with Crippen molar-refractivity contribution in [1.29, 1.82) is 0 Å². The van der Waals surface area contributed by atoms with E-state index >= 15 is 0 Å². The van der Waals surface area contributed by atoms with Crippen molar-refractivity contribution in [2.45, 2.75) is 51.8 Å². The number of methoxy groups -OCH3 is 1. The second-order valence-corrected chi connectivity index (χ2v) is 9.68. The number of benzene rings is 1. The second-order valence-electron chi connectivity index (χ2n) is 8.82. The Hall–Kier alpha value is -3.24. The molecule has 1 saturated carbocycles. The zero-order chi connectivity index (χ0) is 24.8. The Labute approximate surface area is 207 Å². The predicted octanol–water partition coefficient (Wildman–Crippen LogP) is 3.13. The molecule has 0 unspecified atom stereocenters. The molecule has 1 aliphatic carbocycles. The van der Waals surface area contributed by atoms with E-state index in [2.05, 4.69) is 20.6 Å². The maximum Gasteiger partial charge on any atom is 0.287 e. The van der Waals surface area contributed by atoms with Crippen LogP contribution in [0.4, 0.5) is 0 Å². The number of aromatic amines is 1. The topological polar surface area (TPSA) is 122 Å². The highest BCUT2D eigenvalue weighted by Crippen LogP contribution is 2.26. The molecular formula is C25H30N4O5S. The molecule has 35 heavy (non-hydrogen) atoms. The van der Waals surface area contributed by atoms with E-state index in [9.17, 15) is 14.4 Å². The Morgan fingerprint density at radius 3 is 2.77 bits per heavy atom. The van der Waals surface area contributed by atoms with E-state index in [0.29, 0.717) is 35.1 Å². The number of H-pyrrole nitrogens is 1. The average Bonchev–Trinajstić information content (AvgIpc) is 3.27. The van der Waals surface area contributed by atoms with Gasteiger partial charge in [-0.25, -0.2) is 4.98 Å². The van der Waals surface area contributed by atoms with Gasteiger partial charge in [-0.05, 0) is 54.7 Å². The highest BCUT2D eigenvalue weighted by Gasteiger charge is 2.22. The zero-order valence-corrected chi connectivity index (χ0v) is 20.7. The summed E-state index contributed by atoms with van der Waals surface area (Å²) in [5.41, 5.74) is 1.30. The summed E-state index contributed by atoms with van der Waals surface area (Å²) in [4.78, 5) is 44.0. The number of hydrogen-bond donors (Lipinski definition) is 3. The third-order valence-electron chi connectivity index (χ3n) is 6.19. The van der Waals surface area contributed by atoms with Gasteiger partial charge in [0.2, 0.25) is 11.7 Å². The normalized spacial score (nSPS) is 17.8.